The minimum atomic E-state index is -0.673. The summed E-state index contributed by atoms with van der Waals surface area (Å²) in [6.45, 7) is 0.919. The highest BCUT2D eigenvalue weighted by Gasteiger charge is 2.15. The highest BCUT2D eigenvalue weighted by atomic mass is 16.5. The van der Waals surface area contributed by atoms with Gasteiger partial charge in [0.15, 0.2) is 23.1 Å². The molecule has 0 spiro atoms. The summed E-state index contributed by atoms with van der Waals surface area (Å²) in [6, 6.07) is 10.1. The highest BCUT2D eigenvalue weighted by Crippen LogP contribution is 2.28. The standard InChI is InChI=1S/C26H26O8/c1-17(28)34-16-21(22(29)9-5-18-7-11-24(31-2)20(13-18)15-27)23(30)10-6-19-8-12-25(32-3)26(14-19)33-4/h5-14,16,27H,15H2,1-4H3/b9-5+,10-6+,21-16-. The predicted octanol–water partition coefficient (Wildman–Crippen LogP) is 3.52. The van der Waals surface area contributed by atoms with Gasteiger partial charge in [0.2, 0.25) is 0 Å². The van der Waals surface area contributed by atoms with Crippen LogP contribution in [0.25, 0.3) is 12.2 Å². The van der Waals surface area contributed by atoms with Crippen LogP contribution in [0.2, 0.25) is 0 Å². The summed E-state index contributed by atoms with van der Waals surface area (Å²) in [5.41, 5.74) is 1.45. The number of rotatable bonds is 11. The Kier molecular flexibility index (Phi) is 9.79. The van der Waals surface area contributed by atoms with Gasteiger partial charge >= 0.3 is 5.97 Å². The molecule has 0 aliphatic rings. The van der Waals surface area contributed by atoms with Crippen LogP contribution in [0, 0.1) is 0 Å². The molecule has 34 heavy (non-hydrogen) atoms. The zero-order valence-electron chi connectivity index (χ0n) is 19.4. The summed E-state index contributed by atoms with van der Waals surface area (Å²) in [5, 5.41) is 9.45. The zero-order valence-corrected chi connectivity index (χ0v) is 19.4. The van der Waals surface area contributed by atoms with Crippen molar-refractivity contribution in [3.8, 4) is 17.2 Å². The largest absolute Gasteiger partial charge is 0.496 e. The van der Waals surface area contributed by atoms with Gasteiger partial charge in [0.1, 0.15) is 17.6 Å². The third kappa shape index (κ3) is 7.18. The number of carbonyl (C=O) groups excluding carboxylic acids is 3. The predicted molar refractivity (Wildman–Crippen MR) is 126 cm³/mol. The van der Waals surface area contributed by atoms with Gasteiger partial charge in [0.25, 0.3) is 0 Å². The summed E-state index contributed by atoms with van der Waals surface area (Å²) in [7, 11) is 4.49. The summed E-state index contributed by atoms with van der Waals surface area (Å²) in [4.78, 5) is 36.7. The molecule has 2 aromatic rings. The normalized spacial score (nSPS) is 11.5. The van der Waals surface area contributed by atoms with Gasteiger partial charge in [-0.15, -0.1) is 0 Å². The van der Waals surface area contributed by atoms with E-state index in [0.717, 1.165) is 13.2 Å². The lowest BCUT2D eigenvalue weighted by atomic mass is 10.0. The molecule has 0 heterocycles. The Hall–Kier alpha value is -4.17. The number of allylic oxidation sites excluding steroid dienone is 3. The SMILES string of the molecule is COc1ccc(/C=C/C(=O)/C(=C/OC(C)=O)C(=O)/C=C/c2ccc(OC)c(OC)c2)cc1CO. The lowest BCUT2D eigenvalue weighted by Gasteiger charge is -2.07. The second-order valence-corrected chi connectivity index (χ2v) is 6.88. The van der Waals surface area contributed by atoms with Crippen molar-refractivity contribution in [1.29, 1.82) is 0 Å². The smallest absolute Gasteiger partial charge is 0.307 e. The van der Waals surface area contributed by atoms with Crippen LogP contribution in [0.4, 0.5) is 0 Å². The third-order valence-corrected chi connectivity index (χ3v) is 4.61. The van der Waals surface area contributed by atoms with E-state index in [9.17, 15) is 19.5 Å². The van der Waals surface area contributed by atoms with Crippen molar-refractivity contribution in [2.45, 2.75) is 13.5 Å². The van der Waals surface area contributed by atoms with Crippen LogP contribution in [-0.4, -0.2) is 44.0 Å². The molecule has 2 rings (SSSR count). The first-order valence-electron chi connectivity index (χ1n) is 10.1. The van der Waals surface area contributed by atoms with Crippen molar-refractivity contribution in [3.05, 3.63) is 77.1 Å². The van der Waals surface area contributed by atoms with Crippen LogP contribution in [0.3, 0.4) is 0 Å². The molecule has 0 radical (unpaired) electrons. The van der Waals surface area contributed by atoms with Gasteiger partial charge in [0.05, 0.1) is 27.9 Å². The van der Waals surface area contributed by atoms with Crippen LogP contribution in [0.1, 0.15) is 23.6 Å². The molecule has 0 fully saturated rings. The monoisotopic (exact) mass is 466 g/mol. The van der Waals surface area contributed by atoms with E-state index in [1.807, 2.05) is 0 Å². The van der Waals surface area contributed by atoms with Gasteiger partial charge in [-0.05, 0) is 47.5 Å². The second-order valence-electron chi connectivity index (χ2n) is 6.88. The van der Waals surface area contributed by atoms with E-state index in [-0.39, 0.29) is 12.2 Å². The van der Waals surface area contributed by atoms with Crippen LogP contribution < -0.4 is 14.2 Å². The molecule has 8 heteroatoms. The Morgan fingerprint density at radius 2 is 1.32 bits per heavy atom. The maximum absolute atomic E-state index is 12.7. The number of hydrogen-bond acceptors (Lipinski definition) is 8. The number of hydrogen-bond donors (Lipinski definition) is 1. The van der Waals surface area contributed by atoms with Crippen LogP contribution in [-0.2, 0) is 25.7 Å². The topological polar surface area (TPSA) is 108 Å². The molecule has 2 aromatic carbocycles. The van der Waals surface area contributed by atoms with Crippen LogP contribution in [0.5, 0.6) is 17.2 Å². The van der Waals surface area contributed by atoms with E-state index in [1.54, 1.807) is 36.4 Å². The van der Waals surface area contributed by atoms with Crippen LogP contribution in [0.15, 0.2) is 60.4 Å². The number of benzene rings is 2. The molecule has 0 saturated carbocycles. The first-order valence-corrected chi connectivity index (χ1v) is 10.1. The number of aliphatic hydroxyl groups is 1. The van der Waals surface area contributed by atoms with E-state index in [0.29, 0.717) is 33.9 Å². The lowest BCUT2D eigenvalue weighted by Crippen LogP contribution is -2.10. The fraction of sp³-hybridized carbons (Fsp3) is 0.192. The first-order chi connectivity index (χ1) is 16.3. The summed E-state index contributed by atoms with van der Waals surface area (Å²) in [5.74, 6) is -0.468. The molecule has 0 atom stereocenters. The Bertz CT molecular complexity index is 1060. The van der Waals surface area contributed by atoms with Gasteiger partial charge in [0, 0.05) is 12.5 Å². The Morgan fingerprint density at radius 1 is 0.794 bits per heavy atom. The van der Waals surface area contributed by atoms with E-state index in [4.69, 9.17) is 18.9 Å². The van der Waals surface area contributed by atoms with E-state index < -0.39 is 17.5 Å². The molecule has 0 saturated heterocycles. The minimum Gasteiger partial charge on any atom is -0.496 e. The molecule has 0 aromatic heterocycles. The summed E-state index contributed by atoms with van der Waals surface area (Å²) < 4.78 is 20.4. The van der Waals surface area contributed by atoms with E-state index in [1.165, 1.54) is 45.6 Å². The number of carbonyl (C=O) groups is 3. The lowest BCUT2D eigenvalue weighted by molar-refractivity contribution is -0.135. The highest BCUT2D eigenvalue weighted by molar-refractivity contribution is 6.28. The molecule has 0 amide bonds. The number of ether oxygens (including phenoxy) is 4. The van der Waals surface area contributed by atoms with Crippen molar-refractivity contribution in [3.63, 3.8) is 0 Å². The Balaban J connectivity index is 2.27. The Labute approximate surface area is 197 Å². The number of esters is 1. The summed E-state index contributed by atoms with van der Waals surface area (Å²) in [6.07, 6.45) is 6.19. The Morgan fingerprint density at radius 3 is 1.82 bits per heavy atom. The van der Waals surface area contributed by atoms with Gasteiger partial charge in [-0.25, -0.2) is 0 Å². The van der Waals surface area contributed by atoms with Gasteiger partial charge in [-0.1, -0.05) is 24.3 Å². The van der Waals surface area contributed by atoms with Gasteiger partial charge < -0.3 is 24.1 Å². The van der Waals surface area contributed by atoms with Crippen molar-refractivity contribution in [2.24, 2.45) is 0 Å². The average molecular weight is 466 g/mol. The number of aliphatic hydroxyl groups excluding tert-OH is 1. The van der Waals surface area contributed by atoms with E-state index >= 15 is 0 Å². The number of methoxy groups -OCH3 is 3. The molecule has 0 unspecified atom stereocenters. The van der Waals surface area contributed by atoms with E-state index in [2.05, 4.69) is 0 Å². The zero-order chi connectivity index (χ0) is 25.1. The molecule has 0 aliphatic carbocycles. The van der Waals surface area contributed by atoms with Crippen molar-refractivity contribution >= 4 is 29.7 Å². The van der Waals surface area contributed by atoms with Gasteiger partial charge in [-0.2, -0.15) is 0 Å². The average Bonchev–Trinajstić information content (AvgIpc) is 2.85. The van der Waals surface area contributed by atoms with Crippen molar-refractivity contribution in [1.82, 2.24) is 0 Å². The van der Waals surface area contributed by atoms with Crippen molar-refractivity contribution < 1.29 is 38.4 Å². The molecular formula is C26H26O8. The molecule has 0 bridgehead atoms. The maximum atomic E-state index is 12.7. The molecule has 1 N–H and O–H groups in total. The fourth-order valence-corrected chi connectivity index (χ4v) is 2.89. The molecular weight excluding hydrogens is 440 g/mol. The quantitative estimate of drug-likeness (QED) is 0.176. The minimum absolute atomic E-state index is 0.240. The summed E-state index contributed by atoms with van der Waals surface area (Å²) >= 11 is 0. The molecule has 178 valence electrons. The first kappa shape index (κ1) is 26.1. The molecule has 0 aliphatic heterocycles. The van der Waals surface area contributed by atoms with Gasteiger partial charge in [-0.3, -0.25) is 14.4 Å². The molecule has 8 nitrogen and oxygen atoms in total. The van der Waals surface area contributed by atoms with Crippen molar-refractivity contribution in [2.75, 3.05) is 21.3 Å². The third-order valence-electron chi connectivity index (χ3n) is 4.61. The maximum Gasteiger partial charge on any atom is 0.307 e. The second kappa shape index (κ2) is 12.8. The van der Waals surface area contributed by atoms with Crippen LogP contribution >= 0.6 is 0 Å². The fourth-order valence-electron chi connectivity index (χ4n) is 2.89. The number of ketones is 2.